The van der Waals surface area contributed by atoms with Crippen LogP contribution in [-0.2, 0) is 0 Å². The molecule has 2 aromatic rings. The first-order valence-electron chi connectivity index (χ1n) is 6.08. The summed E-state index contributed by atoms with van der Waals surface area (Å²) < 4.78 is 8.44. The van der Waals surface area contributed by atoms with Crippen LogP contribution in [0.25, 0.3) is 0 Å². The van der Waals surface area contributed by atoms with Gasteiger partial charge in [-0.25, -0.2) is 4.99 Å². The summed E-state index contributed by atoms with van der Waals surface area (Å²) in [5, 5.41) is 4.39. The van der Waals surface area contributed by atoms with Crippen molar-refractivity contribution >= 4 is 52.5 Å². The summed E-state index contributed by atoms with van der Waals surface area (Å²) in [5.41, 5.74) is 1.52. The van der Waals surface area contributed by atoms with Crippen LogP contribution in [-0.4, -0.2) is 13.1 Å². The zero-order chi connectivity index (χ0) is 14.8. The molecule has 0 fully saturated rings. The lowest BCUT2D eigenvalue weighted by Crippen LogP contribution is -2.27. The van der Waals surface area contributed by atoms with Gasteiger partial charge in [0.15, 0.2) is 0 Å². The fourth-order valence-electron chi connectivity index (χ4n) is 1.88. The molecule has 7 heteroatoms. The van der Waals surface area contributed by atoms with Gasteiger partial charge in [0.1, 0.15) is 11.4 Å². The summed E-state index contributed by atoms with van der Waals surface area (Å²) in [6.07, 6.45) is 0. The van der Waals surface area contributed by atoms with Gasteiger partial charge < -0.3 is 10.1 Å². The van der Waals surface area contributed by atoms with E-state index in [-0.39, 0.29) is 0 Å². The maximum absolute atomic E-state index is 6.13. The summed E-state index contributed by atoms with van der Waals surface area (Å²) in [6.45, 7) is 0. The normalized spacial score (nSPS) is 13.0. The van der Waals surface area contributed by atoms with Crippen LogP contribution in [0.2, 0.25) is 10.0 Å². The number of fused-ring (bicyclic) bond motifs is 1. The number of halogens is 2. The van der Waals surface area contributed by atoms with Gasteiger partial charge in [0.05, 0.1) is 22.7 Å². The van der Waals surface area contributed by atoms with Crippen LogP contribution >= 0.6 is 35.1 Å². The smallest absolute Gasteiger partial charge is 0.211 e. The van der Waals surface area contributed by atoms with Crippen molar-refractivity contribution in [1.29, 1.82) is 0 Å². The first kappa shape index (κ1) is 14.4. The minimum atomic E-state index is 0.584. The Balaban J connectivity index is 1.95. The van der Waals surface area contributed by atoms with E-state index in [1.54, 1.807) is 13.2 Å². The molecule has 108 valence electrons. The maximum atomic E-state index is 6.13. The highest BCUT2D eigenvalue weighted by molar-refractivity contribution is 7.98. The van der Waals surface area contributed by atoms with Crippen molar-refractivity contribution in [1.82, 2.24) is 4.72 Å². The molecule has 3 rings (SSSR count). The van der Waals surface area contributed by atoms with E-state index in [0.717, 1.165) is 16.3 Å². The van der Waals surface area contributed by atoms with Crippen LogP contribution in [0.15, 0.2) is 46.3 Å². The third-order valence-corrected chi connectivity index (χ3v) is 4.21. The van der Waals surface area contributed by atoms with Gasteiger partial charge in [-0.1, -0.05) is 35.3 Å². The molecule has 0 radical (unpaired) electrons. The molecule has 1 heterocycles. The fraction of sp³-hybridized carbons (Fsp3) is 0.0714. The van der Waals surface area contributed by atoms with Crippen molar-refractivity contribution in [2.45, 2.75) is 4.90 Å². The Morgan fingerprint density at radius 1 is 1.24 bits per heavy atom. The lowest BCUT2D eigenvalue weighted by Gasteiger charge is -2.20. The van der Waals surface area contributed by atoms with Gasteiger partial charge in [0, 0.05) is 11.1 Å². The van der Waals surface area contributed by atoms with Gasteiger partial charge >= 0.3 is 0 Å². The summed E-state index contributed by atoms with van der Waals surface area (Å²) in [7, 11) is 1.59. The van der Waals surface area contributed by atoms with Crippen LogP contribution in [0.5, 0.6) is 5.75 Å². The monoisotopic (exact) mass is 339 g/mol. The van der Waals surface area contributed by atoms with Crippen molar-refractivity contribution in [3.05, 3.63) is 46.4 Å². The Kier molecular flexibility index (Phi) is 4.14. The number of nitrogens with zero attached hydrogens (tertiary/aromatic N) is 1. The van der Waals surface area contributed by atoms with Crippen LogP contribution in [0.1, 0.15) is 0 Å². The predicted octanol–water partition coefficient (Wildman–Crippen LogP) is 4.71. The van der Waals surface area contributed by atoms with Gasteiger partial charge in [-0.3, -0.25) is 4.72 Å². The first-order chi connectivity index (χ1) is 10.2. The number of para-hydroxylation sites is 1. The number of methoxy groups -OCH3 is 1. The zero-order valence-corrected chi connectivity index (χ0v) is 13.3. The Morgan fingerprint density at radius 3 is 2.81 bits per heavy atom. The Hall–Kier alpha value is -1.56. The molecule has 0 bridgehead atoms. The van der Waals surface area contributed by atoms with Gasteiger partial charge in [-0.15, -0.1) is 0 Å². The lowest BCUT2D eigenvalue weighted by atomic mass is 10.3. The second-order valence-corrected chi connectivity index (χ2v) is 5.92. The van der Waals surface area contributed by atoms with E-state index >= 15 is 0 Å². The number of rotatable bonds is 2. The molecule has 0 atom stereocenters. The molecule has 2 N–H and O–H groups in total. The number of ether oxygens (including phenoxy) is 1. The third kappa shape index (κ3) is 3.05. The average Bonchev–Trinajstić information content (AvgIpc) is 2.49. The highest BCUT2D eigenvalue weighted by atomic mass is 35.5. The Bertz CT molecular complexity index is 721. The standard InChI is InChI=1S/C14H11Cl2N3OS/c1-20-11-6-8(15)7-12-13(11)18-14(19-21-12)17-10-5-3-2-4-9(10)16/h2-7H,1H3,(H2,17,18,19). The minimum absolute atomic E-state index is 0.584. The largest absolute Gasteiger partial charge is 0.494 e. The van der Waals surface area contributed by atoms with Crippen molar-refractivity contribution in [3.8, 4) is 5.75 Å². The van der Waals surface area contributed by atoms with Crippen LogP contribution in [0.3, 0.4) is 0 Å². The number of anilines is 1. The molecule has 0 aromatic heterocycles. The van der Waals surface area contributed by atoms with E-state index in [1.165, 1.54) is 11.9 Å². The second kappa shape index (κ2) is 6.05. The van der Waals surface area contributed by atoms with Gasteiger partial charge in [-0.2, -0.15) is 0 Å². The topological polar surface area (TPSA) is 45.6 Å². The molecule has 2 aromatic carbocycles. The van der Waals surface area contributed by atoms with Crippen molar-refractivity contribution in [2.24, 2.45) is 4.99 Å². The highest BCUT2D eigenvalue weighted by Crippen LogP contribution is 2.41. The summed E-state index contributed by atoms with van der Waals surface area (Å²) >= 11 is 13.6. The molecule has 21 heavy (non-hydrogen) atoms. The summed E-state index contributed by atoms with van der Waals surface area (Å²) in [6, 6.07) is 11.0. The van der Waals surface area contributed by atoms with E-state index < -0.39 is 0 Å². The van der Waals surface area contributed by atoms with Crippen molar-refractivity contribution in [3.63, 3.8) is 0 Å². The average molecular weight is 340 g/mol. The van der Waals surface area contributed by atoms with Gasteiger partial charge in [-0.05, 0) is 30.1 Å². The Morgan fingerprint density at radius 2 is 2.05 bits per heavy atom. The van der Waals surface area contributed by atoms with Crippen molar-refractivity contribution in [2.75, 3.05) is 12.4 Å². The second-order valence-electron chi connectivity index (χ2n) is 4.22. The van der Waals surface area contributed by atoms with Gasteiger partial charge in [0.2, 0.25) is 5.96 Å². The molecule has 0 spiro atoms. The molecule has 1 aliphatic heterocycles. The zero-order valence-electron chi connectivity index (χ0n) is 11.0. The number of hydrogen-bond donors (Lipinski definition) is 2. The summed E-state index contributed by atoms with van der Waals surface area (Å²) in [4.78, 5) is 5.43. The molecular formula is C14H11Cl2N3OS. The molecule has 0 saturated carbocycles. The Labute approximate surface area is 136 Å². The highest BCUT2D eigenvalue weighted by Gasteiger charge is 2.18. The van der Waals surface area contributed by atoms with E-state index in [2.05, 4.69) is 15.0 Å². The fourth-order valence-corrected chi connectivity index (χ4v) is 3.06. The van der Waals surface area contributed by atoms with Crippen LogP contribution in [0, 0.1) is 0 Å². The van der Waals surface area contributed by atoms with E-state index in [1.807, 2.05) is 30.3 Å². The number of hydrogen-bond acceptors (Lipinski definition) is 5. The lowest BCUT2D eigenvalue weighted by molar-refractivity contribution is 0.415. The van der Waals surface area contributed by atoms with E-state index in [9.17, 15) is 0 Å². The SMILES string of the molecule is COc1cc(Cl)cc2c1N=C(Nc1ccccc1Cl)NS2. The molecule has 1 aliphatic rings. The van der Waals surface area contributed by atoms with E-state index in [4.69, 9.17) is 27.9 Å². The molecule has 0 unspecified atom stereocenters. The maximum Gasteiger partial charge on any atom is 0.211 e. The van der Waals surface area contributed by atoms with Crippen LogP contribution in [0.4, 0.5) is 11.4 Å². The van der Waals surface area contributed by atoms with Crippen molar-refractivity contribution < 1.29 is 4.74 Å². The number of guanidine groups is 1. The van der Waals surface area contributed by atoms with Gasteiger partial charge in [0.25, 0.3) is 0 Å². The first-order valence-corrected chi connectivity index (χ1v) is 7.65. The molecule has 0 saturated heterocycles. The number of nitrogens with one attached hydrogen (secondary N) is 2. The molecule has 4 nitrogen and oxygen atoms in total. The van der Waals surface area contributed by atoms with E-state index in [0.29, 0.717) is 21.8 Å². The number of aliphatic imine (C=N–C) groups is 1. The predicted molar refractivity (Wildman–Crippen MR) is 89.2 cm³/mol. The molecule has 0 aliphatic carbocycles. The quantitative estimate of drug-likeness (QED) is 0.777. The minimum Gasteiger partial charge on any atom is -0.494 e. The number of benzene rings is 2. The molecular weight excluding hydrogens is 329 g/mol. The van der Waals surface area contributed by atoms with Crippen LogP contribution < -0.4 is 14.8 Å². The molecule has 0 amide bonds. The third-order valence-electron chi connectivity index (χ3n) is 2.83. The summed E-state index contributed by atoms with van der Waals surface area (Å²) in [5.74, 6) is 1.21.